The molecule has 24 heavy (non-hydrogen) atoms. The van der Waals surface area contributed by atoms with E-state index in [2.05, 4.69) is 10.3 Å². The van der Waals surface area contributed by atoms with Gasteiger partial charge in [0.2, 0.25) is 5.91 Å². The van der Waals surface area contributed by atoms with Crippen LogP contribution in [0.15, 0.2) is 22.5 Å². The third-order valence-corrected chi connectivity index (χ3v) is 4.61. The summed E-state index contributed by atoms with van der Waals surface area (Å²) in [7, 11) is -0.604. The molecule has 0 spiro atoms. The molecule has 1 aromatic rings. The summed E-state index contributed by atoms with van der Waals surface area (Å²) in [5.41, 5.74) is 0.0834. The number of rotatable bonds is 4. The molecule has 2 heterocycles. The first-order valence-corrected chi connectivity index (χ1v) is 8.08. The molecular formula is C16H22BClN2O4. The van der Waals surface area contributed by atoms with Crippen molar-refractivity contribution in [3.8, 4) is 0 Å². The van der Waals surface area contributed by atoms with E-state index in [4.69, 9.17) is 20.9 Å². The van der Waals surface area contributed by atoms with Crippen LogP contribution in [0.2, 0.25) is 5.02 Å². The van der Waals surface area contributed by atoms with Crippen molar-refractivity contribution in [2.75, 3.05) is 6.54 Å². The molecule has 0 radical (unpaired) electrons. The first-order chi connectivity index (χ1) is 11.0. The molecule has 0 bridgehead atoms. The van der Waals surface area contributed by atoms with Gasteiger partial charge in [-0.25, -0.2) is 0 Å². The predicted octanol–water partition coefficient (Wildman–Crippen LogP) is 2.18. The molecule has 0 atom stereocenters. The summed E-state index contributed by atoms with van der Waals surface area (Å²) in [6.07, 6.45) is 3.34. The highest BCUT2D eigenvalue weighted by Gasteiger charge is 2.52. The molecule has 1 fully saturated rings. The standard InChI is InChI=1S/C16H22BClN2O4/c1-10(21)19-9-12(6-11-7-13(18)14(22)20-8-11)17-23-15(2,3)16(4,5)24-17/h6-8H,9H2,1-5H3,(H,19,21)(H,20,22). The van der Waals surface area contributed by atoms with Crippen LogP contribution >= 0.6 is 11.6 Å². The van der Waals surface area contributed by atoms with Gasteiger partial charge in [-0.2, -0.15) is 0 Å². The zero-order valence-corrected chi connectivity index (χ0v) is 15.3. The molecule has 0 saturated carbocycles. The number of hydrogen-bond donors (Lipinski definition) is 2. The second-order valence-corrected chi connectivity index (χ2v) is 7.23. The van der Waals surface area contributed by atoms with Crippen molar-refractivity contribution in [1.29, 1.82) is 0 Å². The number of nitrogens with one attached hydrogen (secondary N) is 2. The van der Waals surface area contributed by atoms with E-state index in [0.717, 1.165) is 5.47 Å². The lowest BCUT2D eigenvalue weighted by Crippen LogP contribution is -2.41. The normalized spacial score (nSPS) is 19.4. The van der Waals surface area contributed by atoms with Gasteiger partial charge in [0.25, 0.3) is 5.56 Å². The Bertz CT molecular complexity index is 711. The van der Waals surface area contributed by atoms with E-state index in [9.17, 15) is 9.59 Å². The van der Waals surface area contributed by atoms with Crippen molar-refractivity contribution < 1.29 is 14.1 Å². The molecule has 130 valence electrons. The Morgan fingerprint density at radius 1 is 1.33 bits per heavy atom. The van der Waals surface area contributed by atoms with E-state index in [1.54, 1.807) is 18.3 Å². The van der Waals surface area contributed by atoms with Crippen molar-refractivity contribution in [3.05, 3.63) is 38.7 Å². The maximum absolute atomic E-state index is 11.4. The largest absolute Gasteiger partial charge is 0.492 e. The van der Waals surface area contributed by atoms with Crippen LogP contribution in [0.4, 0.5) is 0 Å². The molecule has 1 amide bonds. The van der Waals surface area contributed by atoms with Crippen molar-refractivity contribution in [2.24, 2.45) is 0 Å². The maximum Gasteiger partial charge on any atom is 0.492 e. The minimum atomic E-state index is -0.604. The minimum absolute atomic E-state index is 0.0940. The van der Waals surface area contributed by atoms with Crippen molar-refractivity contribution in [1.82, 2.24) is 10.3 Å². The minimum Gasteiger partial charge on any atom is -0.400 e. The van der Waals surface area contributed by atoms with E-state index in [-0.39, 0.29) is 23.0 Å². The molecule has 1 aliphatic heterocycles. The van der Waals surface area contributed by atoms with Crippen LogP contribution in [-0.2, 0) is 14.1 Å². The number of aromatic nitrogens is 1. The molecule has 2 rings (SSSR count). The Kier molecular flexibility index (Phi) is 5.27. The topological polar surface area (TPSA) is 80.4 Å². The second-order valence-electron chi connectivity index (χ2n) is 6.83. The van der Waals surface area contributed by atoms with Crippen LogP contribution in [-0.4, -0.2) is 35.8 Å². The Hall–Kier alpha value is -1.57. The highest BCUT2D eigenvalue weighted by Crippen LogP contribution is 2.38. The number of pyridine rings is 1. The summed E-state index contributed by atoms with van der Waals surface area (Å²) in [6.45, 7) is 9.54. The lowest BCUT2D eigenvalue weighted by molar-refractivity contribution is -0.118. The highest BCUT2D eigenvalue weighted by molar-refractivity contribution is 6.56. The van der Waals surface area contributed by atoms with E-state index in [1.165, 1.54) is 6.92 Å². The van der Waals surface area contributed by atoms with Crippen molar-refractivity contribution >= 4 is 30.7 Å². The van der Waals surface area contributed by atoms with Gasteiger partial charge in [0, 0.05) is 19.7 Å². The molecule has 1 aromatic heterocycles. The smallest absolute Gasteiger partial charge is 0.400 e. The fourth-order valence-corrected chi connectivity index (χ4v) is 2.37. The van der Waals surface area contributed by atoms with Gasteiger partial charge >= 0.3 is 7.12 Å². The van der Waals surface area contributed by atoms with Gasteiger partial charge in [-0.15, -0.1) is 0 Å². The van der Waals surface area contributed by atoms with Crippen molar-refractivity contribution in [3.63, 3.8) is 0 Å². The van der Waals surface area contributed by atoms with Crippen LogP contribution in [0.5, 0.6) is 0 Å². The Morgan fingerprint density at radius 2 is 1.92 bits per heavy atom. The molecule has 8 heteroatoms. The quantitative estimate of drug-likeness (QED) is 0.814. The Labute approximate surface area is 146 Å². The first-order valence-electron chi connectivity index (χ1n) is 7.70. The third-order valence-electron chi connectivity index (χ3n) is 4.33. The average molecular weight is 353 g/mol. The van der Waals surface area contributed by atoms with Gasteiger partial charge in [-0.1, -0.05) is 17.7 Å². The summed E-state index contributed by atoms with van der Waals surface area (Å²) in [5.74, 6) is -0.156. The molecule has 2 N–H and O–H groups in total. The van der Waals surface area contributed by atoms with Crippen LogP contribution < -0.4 is 10.9 Å². The van der Waals surface area contributed by atoms with E-state index in [1.807, 2.05) is 27.7 Å². The number of carbonyl (C=O) groups is 1. The molecular weight excluding hydrogens is 330 g/mol. The SMILES string of the molecule is CC(=O)NCC(=Cc1c[nH]c(=O)c(Cl)c1)B1OC(C)(C)C(C)(C)O1. The molecule has 6 nitrogen and oxygen atoms in total. The average Bonchev–Trinajstić information content (AvgIpc) is 2.67. The Balaban J connectivity index is 2.34. The number of amides is 1. The fourth-order valence-electron chi connectivity index (χ4n) is 2.19. The summed E-state index contributed by atoms with van der Waals surface area (Å²) < 4.78 is 12.1. The lowest BCUT2D eigenvalue weighted by Gasteiger charge is -2.32. The van der Waals surface area contributed by atoms with E-state index < -0.39 is 18.3 Å². The fraction of sp³-hybridized carbons (Fsp3) is 0.500. The number of H-pyrrole nitrogens is 1. The van der Waals surface area contributed by atoms with Crippen molar-refractivity contribution in [2.45, 2.75) is 45.8 Å². The van der Waals surface area contributed by atoms with Crippen LogP contribution in [0, 0.1) is 0 Å². The van der Waals surface area contributed by atoms with Gasteiger partial charge < -0.3 is 19.6 Å². The number of carbonyl (C=O) groups excluding carboxylic acids is 1. The highest BCUT2D eigenvalue weighted by atomic mass is 35.5. The van der Waals surface area contributed by atoms with Gasteiger partial charge in [0.05, 0.1) is 11.2 Å². The van der Waals surface area contributed by atoms with Gasteiger partial charge in [-0.3, -0.25) is 9.59 Å². The van der Waals surface area contributed by atoms with Crippen LogP contribution in [0.3, 0.4) is 0 Å². The molecule has 0 aromatic carbocycles. The lowest BCUT2D eigenvalue weighted by atomic mass is 9.77. The molecule has 0 unspecified atom stereocenters. The summed E-state index contributed by atoms with van der Waals surface area (Å²) in [4.78, 5) is 25.2. The second kappa shape index (κ2) is 6.74. The number of halogens is 1. The van der Waals surface area contributed by atoms with Gasteiger partial charge in [0.15, 0.2) is 0 Å². The Morgan fingerprint density at radius 3 is 2.42 bits per heavy atom. The number of aromatic amines is 1. The van der Waals surface area contributed by atoms with E-state index in [0.29, 0.717) is 5.56 Å². The third kappa shape index (κ3) is 4.09. The zero-order chi connectivity index (χ0) is 18.1. The van der Waals surface area contributed by atoms with Crippen LogP contribution in [0.25, 0.3) is 6.08 Å². The van der Waals surface area contributed by atoms with E-state index >= 15 is 0 Å². The predicted molar refractivity (Wildman–Crippen MR) is 94.8 cm³/mol. The zero-order valence-electron chi connectivity index (χ0n) is 14.5. The maximum atomic E-state index is 11.4. The first kappa shape index (κ1) is 18.8. The molecule has 1 aliphatic rings. The summed E-state index contributed by atoms with van der Waals surface area (Å²) in [5, 5.41) is 2.85. The summed E-state index contributed by atoms with van der Waals surface area (Å²) >= 11 is 5.87. The molecule has 0 aliphatic carbocycles. The van der Waals surface area contributed by atoms with Gasteiger partial charge in [0.1, 0.15) is 5.02 Å². The number of hydrogen-bond acceptors (Lipinski definition) is 4. The van der Waals surface area contributed by atoms with Crippen LogP contribution in [0.1, 0.15) is 40.2 Å². The monoisotopic (exact) mass is 352 g/mol. The van der Waals surface area contributed by atoms with Gasteiger partial charge in [-0.05, 0) is 44.8 Å². The molecule has 1 saturated heterocycles. The summed E-state index contributed by atoms with van der Waals surface area (Å²) in [6, 6.07) is 1.55.